The SMILES string of the molecule is O=C(NC(C(=O)O)C1CCCOC1)c1cc(Br)cc2ccccc12. The van der Waals surface area contributed by atoms with Crippen LogP contribution in [0.4, 0.5) is 0 Å². The molecule has 1 heterocycles. The predicted molar refractivity (Wildman–Crippen MR) is 94.1 cm³/mol. The Morgan fingerprint density at radius 1 is 1.29 bits per heavy atom. The van der Waals surface area contributed by atoms with Gasteiger partial charge in [0.15, 0.2) is 0 Å². The predicted octanol–water partition coefficient (Wildman–Crippen LogP) is 3.21. The molecule has 24 heavy (non-hydrogen) atoms. The third-order valence-corrected chi connectivity index (χ3v) is 4.75. The third kappa shape index (κ3) is 3.60. The minimum atomic E-state index is -1.03. The van der Waals surface area contributed by atoms with Gasteiger partial charge < -0.3 is 15.2 Å². The van der Waals surface area contributed by atoms with Crippen molar-refractivity contribution in [1.82, 2.24) is 5.32 Å². The topological polar surface area (TPSA) is 75.6 Å². The molecule has 1 aliphatic heterocycles. The fourth-order valence-corrected chi connectivity index (χ4v) is 3.57. The van der Waals surface area contributed by atoms with Crippen LogP contribution in [0.1, 0.15) is 23.2 Å². The van der Waals surface area contributed by atoms with Gasteiger partial charge in [-0.1, -0.05) is 40.2 Å². The van der Waals surface area contributed by atoms with Crippen molar-refractivity contribution in [3.05, 3.63) is 46.4 Å². The van der Waals surface area contributed by atoms with Crippen molar-refractivity contribution in [1.29, 1.82) is 0 Å². The number of amides is 1. The zero-order chi connectivity index (χ0) is 17.1. The summed E-state index contributed by atoms with van der Waals surface area (Å²) in [7, 11) is 0. The molecule has 2 aromatic rings. The lowest BCUT2D eigenvalue weighted by molar-refractivity contribution is -0.142. The maximum Gasteiger partial charge on any atom is 0.326 e. The van der Waals surface area contributed by atoms with E-state index in [1.54, 1.807) is 6.07 Å². The molecule has 0 saturated carbocycles. The van der Waals surface area contributed by atoms with E-state index in [-0.39, 0.29) is 11.8 Å². The number of halogens is 1. The average molecular weight is 392 g/mol. The molecule has 3 rings (SSSR count). The molecule has 1 amide bonds. The molecule has 0 bridgehead atoms. The van der Waals surface area contributed by atoms with Gasteiger partial charge in [-0.25, -0.2) is 4.79 Å². The van der Waals surface area contributed by atoms with Gasteiger partial charge in [0, 0.05) is 22.6 Å². The van der Waals surface area contributed by atoms with Crippen LogP contribution in [0.25, 0.3) is 10.8 Å². The highest BCUT2D eigenvalue weighted by Gasteiger charge is 2.31. The first kappa shape index (κ1) is 16.9. The van der Waals surface area contributed by atoms with Gasteiger partial charge in [-0.3, -0.25) is 4.79 Å². The number of ether oxygens (including phenoxy) is 1. The van der Waals surface area contributed by atoms with Crippen molar-refractivity contribution in [3.8, 4) is 0 Å². The molecule has 2 atom stereocenters. The number of carboxylic acid groups (broad SMARTS) is 1. The van der Waals surface area contributed by atoms with Crippen LogP contribution >= 0.6 is 15.9 Å². The fraction of sp³-hybridized carbons (Fsp3) is 0.333. The molecular weight excluding hydrogens is 374 g/mol. The van der Waals surface area contributed by atoms with Crippen LogP contribution in [-0.2, 0) is 9.53 Å². The molecular formula is C18H18BrNO4. The number of hydrogen-bond donors (Lipinski definition) is 2. The summed E-state index contributed by atoms with van der Waals surface area (Å²) in [6.45, 7) is 1.00. The number of aliphatic carboxylic acids is 1. The van der Waals surface area contributed by atoms with Gasteiger partial charge in [0.1, 0.15) is 6.04 Å². The molecule has 5 nitrogen and oxygen atoms in total. The average Bonchev–Trinajstić information content (AvgIpc) is 2.59. The highest BCUT2D eigenvalue weighted by Crippen LogP contribution is 2.25. The van der Waals surface area contributed by atoms with Gasteiger partial charge in [0.25, 0.3) is 5.91 Å². The van der Waals surface area contributed by atoms with Crippen LogP contribution in [0.3, 0.4) is 0 Å². The lowest BCUT2D eigenvalue weighted by Gasteiger charge is -2.28. The van der Waals surface area contributed by atoms with E-state index in [4.69, 9.17) is 4.74 Å². The molecule has 6 heteroatoms. The number of hydrogen-bond acceptors (Lipinski definition) is 3. The maximum atomic E-state index is 12.7. The number of nitrogens with one attached hydrogen (secondary N) is 1. The van der Waals surface area contributed by atoms with Crippen LogP contribution in [-0.4, -0.2) is 36.2 Å². The normalized spacial score (nSPS) is 19.0. The summed E-state index contributed by atoms with van der Waals surface area (Å²) in [6, 6.07) is 10.2. The Hall–Kier alpha value is -1.92. The Balaban J connectivity index is 1.89. The lowest BCUT2D eigenvalue weighted by Crippen LogP contribution is -2.48. The fourth-order valence-electron chi connectivity index (χ4n) is 3.09. The van der Waals surface area contributed by atoms with E-state index >= 15 is 0 Å². The summed E-state index contributed by atoms with van der Waals surface area (Å²) in [5, 5.41) is 13.9. The molecule has 2 unspecified atom stereocenters. The third-order valence-electron chi connectivity index (χ3n) is 4.29. The van der Waals surface area contributed by atoms with Crippen molar-refractivity contribution in [2.45, 2.75) is 18.9 Å². The van der Waals surface area contributed by atoms with E-state index < -0.39 is 12.0 Å². The molecule has 1 saturated heterocycles. The zero-order valence-electron chi connectivity index (χ0n) is 13.0. The molecule has 0 spiro atoms. The largest absolute Gasteiger partial charge is 0.480 e. The zero-order valence-corrected chi connectivity index (χ0v) is 14.6. The molecule has 0 aliphatic carbocycles. The van der Waals surface area contributed by atoms with Gasteiger partial charge in [-0.15, -0.1) is 0 Å². The molecule has 0 aromatic heterocycles. The van der Waals surface area contributed by atoms with Crippen molar-refractivity contribution in [3.63, 3.8) is 0 Å². The minimum absolute atomic E-state index is 0.210. The Morgan fingerprint density at radius 3 is 2.79 bits per heavy atom. The Bertz CT molecular complexity index is 771. The van der Waals surface area contributed by atoms with E-state index in [0.29, 0.717) is 18.8 Å². The smallest absolute Gasteiger partial charge is 0.326 e. The Labute approximate surface area is 148 Å². The van der Waals surface area contributed by atoms with E-state index in [1.807, 2.05) is 30.3 Å². The van der Waals surface area contributed by atoms with Crippen molar-refractivity contribution >= 4 is 38.6 Å². The number of fused-ring (bicyclic) bond motifs is 1. The summed E-state index contributed by atoms with van der Waals surface area (Å²) in [4.78, 5) is 24.3. The minimum Gasteiger partial charge on any atom is -0.480 e. The van der Waals surface area contributed by atoms with Crippen LogP contribution in [0.2, 0.25) is 0 Å². The summed E-state index contributed by atoms with van der Waals surface area (Å²) in [5.41, 5.74) is 0.461. The van der Waals surface area contributed by atoms with Crippen molar-refractivity contribution < 1.29 is 19.4 Å². The molecule has 1 fully saturated rings. The number of benzene rings is 2. The number of rotatable bonds is 4. The van der Waals surface area contributed by atoms with E-state index in [9.17, 15) is 14.7 Å². The van der Waals surface area contributed by atoms with Gasteiger partial charge >= 0.3 is 5.97 Å². The first-order chi connectivity index (χ1) is 11.6. The van der Waals surface area contributed by atoms with Gasteiger partial charge in [-0.2, -0.15) is 0 Å². The number of carbonyl (C=O) groups excluding carboxylic acids is 1. The second-order valence-electron chi connectivity index (χ2n) is 5.94. The summed E-state index contributed by atoms with van der Waals surface area (Å²) in [5.74, 6) is -1.62. The standard InChI is InChI=1S/C18H18BrNO4/c19-13-8-11-4-1-2-6-14(11)15(9-13)17(21)20-16(18(22)23)12-5-3-7-24-10-12/h1-2,4,6,8-9,12,16H,3,5,7,10H2,(H,20,21)(H,22,23). The Morgan fingerprint density at radius 2 is 2.08 bits per heavy atom. The van der Waals surface area contributed by atoms with Crippen molar-refractivity contribution in [2.24, 2.45) is 5.92 Å². The van der Waals surface area contributed by atoms with E-state index in [2.05, 4.69) is 21.2 Å². The van der Waals surface area contributed by atoms with Gasteiger partial charge in [0.05, 0.1) is 6.61 Å². The second-order valence-corrected chi connectivity index (χ2v) is 6.86. The summed E-state index contributed by atoms with van der Waals surface area (Å²) < 4.78 is 6.14. The lowest BCUT2D eigenvalue weighted by atomic mass is 9.93. The van der Waals surface area contributed by atoms with Crippen molar-refractivity contribution in [2.75, 3.05) is 13.2 Å². The summed E-state index contributed by atoms with van der Waals surface area (Å²) in [6.07, 6.45) is 1.54. The van der Waals surface area contributed by atoms with Crippen LogP contribution in [0.5, 0.6) is 0 Å². The highest BCUT2D eigenvalue weighted by molar-refractivity contribution is 9.10. The number of carboxylic acids is 1. The molecule has 0 radical (unpaired) electrons. The monoisotopic (exact) mass is 391 g/mol. The van der Waals surface area contributed by atoms with Crippen LogP contribution in [0.15, 0.2) is 40.9 Å². The molecule has 2 N–H and O–H groups in total. The molecule has 2 aromatic carbocycles. The summed E-state index contributed by atoms with van der Waals surface area (Å²) >= 11 is 3.41. The van der Waals surface area contributed by atoms with E-state index in [0.717, 1.165) is 28.1 Å². The quantitative estimate of drug-likeness (QED) is 0.838. The maximum absolute atomic E-state index is 12.7. The Kier molecular flexibility index (Phi) is 5.16. The first-order valence-corrected chi connectivity index (χ1v) is 8.65. The van der Waals surface area contributed by atoms with Crippen LogP contribution < -0.4 is 5.32 Å². The molecule has 1 aliphatic rings. The van der Waals surface area contributed by atoms with Gasteiger partial charge in [0.2, 0.25) is 0 Å². The van der Waals surface area contributed by atoms with E-state index in [1.165, 1.54) is 0 Å². The van der Waals surface area contributed by atoms with Gasteiger partial charge in [-0.05, 0) is 35.7 Å². The molecule has 126 valence electrons. The van der Waals surface area contributed by atoms with Crippen LogP contribution in [0, 0.1) is 5.92 Å². The first-order valence-electron chi connectivity index (χ1n) is 7.86. The second kappa shape index (κ2) is 7.32. The highest BCUT2D eigenvalue weighted by atomic mass is 79.9. The number of carbonyl (C=O) groups is 2.